The van der Waals surface area contributed by atoms with Crippen LogP contribution in [0.25, 0.3) is 0 Å². The maximum atomic E-state index is 12.4. The molecule has 0 aliphatic carbocycles. The van der Waals surface area contributed by atoms with Gasteiger partial charge in [-0.3, -0.25) is 14.6 Å². The van der Waals surface area contributed by atoms with Gasteiger partial charge in [0.25, 0.3) is 0 Å². The maximum Gasteiger partial charge on any atom is 0.410 e. The van der Waals surface area contributed by atoms with E-state index in [4.69, 9.17) is 18.9 Å². The molecular weight excluding hydrogens is 672 g/mol. The van der Waals surface area contributed by atoms with Crippen molar-refractivity contribution in [2.75, 3.05) is 39.4 Å². The van der Waals surface area contributed by atoms with Crippen LogP contribution in [0.4, 0.5) is 9.59 Å². The Hall–Kier alpha value is -3.74. The first-order chi connectivity index (χ1) is 22.1. The second-order valence-electron chi connectivity index (χ2n) is 14.0. The first kappa shape index (κ1) is 36.1. The first-order valence-electron chi connectivity index (χ1n) is 15.9. The first-order valence-corrected chi connectivity index (χ1v) is 16.7. The molecule has 2 aromatic rings. The molecule has 6 rings (SSSR count). The van der Waals surface area contributed by atoms with Gasteiger partial charge in [0, 0.05) is 50.4 Å². The van der Waals surface area contributed by atoms with E-state index in [1.54, 1.807) is 22.2 Å². The van der Waals surface area contributed by atoms with E-state index in [1.165, 1.54) is 0 Å². The monoisotopic (exact) mass is 716 g/mol. The number of esters is 2. The lowest BCUT2D eigenvalue weighted by molar-refractivity contribution is -0.144. The molecule has 4 unspecified atom stereocenters. The molecule has 0 saturated carbocycles. The zero-order chi connectivity index (χ0) is 34.4. The van der Waals surface area contributed by atoms with Crippen molar-refractivity contribution in [1.82, 2.24) is 19.8 Å². The fourth-order valence-corrected chi connectivity index (χ4v) is 6.27. The topological polar surface area (TPSA) is 137 Å². The lowest BCUT2D eigenvalue weighted by atomic mass is 9.69. The fourth-order valence-electron chi connectivity index (χ4n) is 6.00. The van der Waals surface area contributed by atoms with Crippen LogP contribution >= 0.6 is 15.9 Å². The van der Waals surface area contributed by atoms with Crippen LogP contribution in [-0.2, 0) is 34.0 Å². The van der Waals surface area contributed by atoms with Crippen molar-refractivity contribution in [3.8, 4) is 0 Å². The number of piperidine rings is 2. The summed E-state index contributed by atoms with van der Waals surface area (Å²) < 4.78 is 22.0. The number of hydrogen-bond donors (Lipinski definition) is 0. The molecule has 0 radical (unpaired) electrons. The van der Waals surface area contributed by atoms with Crippen LogP contribution < -0.4 is 0 Å². The van der Waals surface area contributed by atoms with E-state index in [2.05, 4.69) is 25.9 Å². The lowest BCUT2D eigenvalue weighted by Gasteiger charge is -2.40. The van der Waals surface area contributed by atoms with Crippen LogP contribution in [0, 0.1) is 17.8 Å². The molecule has 2 aromatic heterocycles. The van der Waals surface area contributed by atoms with Crippen molar-refractivity contribution in [2.24, 2.45) is 17.8 Å². The van der Waals surface area contributed by atoms with E-state index in [1.807, 2.05) is 77.9 Å². The van der Waals surface area contributed by atoms with E-state index in [0.29, 0.717) is 52.2 Å². The van der Waals surface area contributed by atoms with Crippen LogP contribution in [0.15, 0.2) is 53.4 Å². The Morgan fingerprint density at radius 3 is 2.00 bits per heavy atom. The average molecular weight is 718 g/mol. The van der Waals surface area contributed by atoms with Crippen molar-refractivity contribution in [3.05, 3.63) is 59.1 Å². The van der Waals surface area contributed by atoms with E-state index in [0.717, 1.165) is 10.3 Å². The van der Waals surface area contributed by atoms with Gasteiger partial charge in [0.15, 0.2) is 0 Å². The normalized spacial score (nSPS) is 25.0. The van der Waals surface area contributed by atoms with E-state index >= 15 is 0 Å². The van der Waals surface area contributed by atoms with Crippen molar-refractivity contribution in [1.29, 1.82) is 0 Å². The molecule has 4 atom stereocenters. The highest BCUT2D eigenvalue weighted by molar-refractivity contribution is 9.10. The summed E-state index contributed by atoms with van der Waals surface area (Å²) in [5.41, 5.74) is -1.01. The van der Waals surface area contributed by atoms with Gasteiger partial charge < -0.3 is 28.7 Å². The van der Waals surface area contributed by atoms with Crippen molar-refractivity contribution >= 4 is 40.1 Å². The Morgan fingerprint density at radius 1 is 0.851 bits per heavy atom. The number of fused-ring (bicyclic) bond motifs is 2. The smallest absolute Gasteiger partial charge is 0.410 e. The van der Waals surface area contributed by atoms with E-state index in [-0.39, 0.29) is 41.9 Å². The van der Waals surface area contributed by atoms with Crippen LogP contribution in [0.1, 0.15) is 60.1 Å². The molecule has 4 saturated heterocycles. The third kappa shape index (κ3) is 9.42. The summed E-state index contributed by atoms with van der Waals surface area (Å²) in [6.45, 7) is 13.8. The van der Waals surface area contributed by atoms with E-state index < -0.39 is 16.6 Å². The van der Waals surface area contributed by atoms with Gasteiger partial charge >= 0.3 is 24.1 Å². The summed E-state index contributed by atoms with van der Waals surface area (Å²) in [6.07, 6.45) is 3.98. The molecule has 4 aliphatic rings. The molecule has 47 heavy (non-hydrogen) atoms. The standard InChI is InChI=1S/C17H22N2O4.C12H19NO4.C5H4BrN/c1-16(2,3)23-15(21)19-9-7-17(13-6-4-5-8-18-13)12(10-19)11-22-14(17)20;1-12(2,3)17-11(15)13-5-4-9-8(6-13)7-16-10(9)14;6-5-3-1-2-4-7-5/h4-6,8,12H,7,9-11H2,1-3H3;8-9H,4-7H2,1-3H3;1-4H. The number of cyclic esters (lactones) is 2. The predicted octanol–water partition coefficient (Wildman–Crippen LogP) is 5.39. The molecule has 13 heteroatoms. The minimum atomic E-state index is -0.736. The van der Waals surface area contributed by atoms with Crippen molar-refractivity contribution < 1.29 is 38.1 Å². The number of halogens is 1. The number of hydrogen-bond acceptors (Lipinski definition) is 10. The molecule has 6 heterocycles. The SMILES string of the molecule is Brc1ccccn1.CC(C)(C)OC(=O)N1CCC2(c3ccccn3)C(=O)OCC2C1.CC(C)(C)OC(=O)N1CCC2C(=O)OCC2C1. The molecule has 12 nitrogen and oxygen atoms in total. The number of amides is 2. The lowest BCUT2D eigenvalue weighted by Crippen LogP contribution is -2.53. The second kappa shape index (κ2) is 15.0. The second-order valence-corrected chi connectivity index (χ2v) is 14.8. The Morgan fingerprint density at radius 2 is 1.47 bits per heavy atom. The zero-order valence-corrected chi connectivity index (χ0v) is 29.5. The number of carbonyl (C=O) groups is 4. The van der Waals surface area contributed by atoms with Gasteiger partial charge in [-0.15, -0.1) is 0 Å². The third-order valence-corrected chi connectivity index (χ3v) is 8.69. The predicted molar refractivity (Wildman–Crippen MR) is 175 cm³/mol. The van der Waals surface area contributed by atoms with Crippen LogP contribution in [0.5, 0.6) is 0 Å². The quantitative estimate of drug-likeness (QED) is 0.214. The van der Waals surface area contributed by atoms with Crippen molar-refractivity contribution in [3.63, 3.8) is 0 Å². The molecule has 4 fully saturated rings. The number of likely N-dealkylation sites (tertiary alicyclic amines) is 2. The number of ether oxygens (including phenoxy) is 4. The molecule has 4 aliphatic heterocycles. The van der Waals surface area contributed by atoms with Crippen LogP contribution in [0.2, 0.25) is 0 Å². The Labute approximate surface area is 284 Å². The summed E-state index contributed by atoms with van der Waals surface area (Å²) in [5, 5.41) is 0. The van der Waals surface area contributed by atoms with Gasteiger partial charge in [-0.25, -0.2) is 14.6 Å². The molecule has 0 N–H and O–H groups in total. The van der Waals surface area contributed by atoms with Crippen LogP contribution in [-0.4, -0.2) is 94.5 Å². The van der Waals surface area contributed by atoms with E-state index in [9.17, 15) is 19.2 Å². The fraction of sp³-hybridized carbons (Fsp3) is 0.588. The van der Waals surface area contributed by atoms with Crippen molar-refractivity contribution in [2.45, 2.75) is 71.0 Å². The highest BCUT2D eigenvalue weighted by atomic mass is 79.9. The highest BCUT2D eigenvalue weighted by Crippen LogP contribution is 2.44. The highest BCUT2D eigenvalue weighted by Gasteiger charge is 2.57. The number of rotatable bonds is 1. The summed E-state index contributed by atoms with van der Waals surface area (Å²) in [7, 11) is 0. The molecule has 256 valence electrons. The summed E-state index contributed by atoms with van der Waals surface area (Å²) >= 11 is 3.20. The molecule has 0 spiro atoms. The van der Waals surface area contributed by atoms with Gasteiger partial charge in [-0.05, 0) is 94.6 Å². The molecular formula is C34H45BrN4O8. The van der Waals surface area contributed by atoms with Gasteiger partial charge in [-0.2, -0.15) is 0 Å². The zero-order valence-electron chi connectivity index (χ0n) is 27.9. The average Bonchev–Trinajstić information content (AvgIpc) is 3.56. The molecule has 0 aromatic carbocycles. The number of pyridine rings is 2. The summed E-state index contributed by atoms with van der Waals surface area (Å²) in [5.74, 6) is -0.312. The largest absolute Gasteiger partial charge is 0.465 e. The van der Waals surface area contributed by atoms with Crippen LogP contribution in [0.3, 0.4) is 0 Å². The number of nitrogens with zero attached hydrogens (tertiary/aromatic N) is 4. The Balaban J connectivity index is 0.000000182. The van der Waals surface area contributed by atoms with Gasteiger partial charge in [0.05, 0.1) is 24.8 Å². The minimum absolute atomic E-state index is 0.0197. The third-order valence-electron chi connectivity index (χ3n) is 8.22. The summed E-state index contributed by atoms with van der Waals surface area (Å²) in [6, 6.07) is 11.3. The number of aromatic nitrogens is 2. The minimum Gasteiger partial charge on any atom is -0.465 e. The Bertz CT molecular complexity index is 1400. The Kier molecular flexibility index (Phi) is 11.5. The molecule has 0 bridgehead atoms. The van der Waals surface area contributed by atoms with Gasteiger partial charge in [0.2, 0.25) is 0 Å². The molecule has 2 amide bonds. The number of carbonyl (C=O) groups excluding carboxylic acids is 4. The maximum absolute atomic E-state index is 12.4. The summed E-state index contributed by atoms with van der Waals surface area (Å²) in [4.78, 5) is 59.6. The van der Waals surface area contributed by atoms with Gasteiger partial charge in [-0.1, -0.05) is 12.1 Å². The van der Waals surface area contributed by atoms with Gasteiger partial charge in [0.1, 0.15) is 21.2 Å².